The number of hydrogen-bond acceptors (Lipinski definition) is 2. The maximum atomic E-state index is 12.3. The zero-order chi connectivity index (χ0) is 6.69. The van der Waals surface area contributed by atoms with Crippen LogP contribution in [0.1, 0.15) is 11.9 Å². The Balaban J connectivity index is 2.80. The molecule has 0 fully saturated rings. The summed E-state index contributed by atoms with van der Waals surface area (Å²) in [6, 6.07) is 1.39. The molecule has 1 heterocycles. The molecule has 3 heteroatoms. The lowest BCUT2D eigenvalue weighted by molar-refractivity contribution is 0.367. The second kappa shape index (κ2) is 2.31. The second-order valence-electron chi connectivity index (χ2n) is 1.45. The van der Waals surface area contributed by atoms with Gasteiger partial charge in [0.25, 0.3) is 0 Å². The third-order valence-electron chi connectivity index (χ3n) is 0.864. The number of alkyl halides is 1. The molecule has 0 aliphatic rings. The van der Waals surface area contributed by atoms with E-state index in [0.29, 0.717) is 0 Å². The van der Waals surface area contributed by atoms with Gasteiger partial charge >= 0.3 is 0 Å². The van der Waals surface area contributed by atoms with Gasteiger partial charge in [0.15, 0.2) is 0 Å². The van der Waals surface area contributed by atoms with E-state index < -0.39 is 6.17 Å². The van der Waals surface area contributed by atoms with Gasteiger partial charge in [-0.15, -0.1) is 6.42 Å². The van der Waals surface area contributed by atoms with Crippen molar-refractivity contribution in [2.24, 2.45) is 0 Å². The van der Waals surface area contributed by atoms with E-state index in [1.807, 2.05) is 5.92 Å². The number of aromatic nitrogens is 1. The molecule has 0 aliphatic heterocycles. The average molecular weight is 125 g/mol. The molecule has 0 aromatic carbocycles. The molecule has 0 amide bonds. The van der Waals surface area contributed by atoms with E-state index in [1.54, 1.807) is 0 Å². The molecule has 1 aromatic rings. The minimum Gasteiger partial charge on any atom is -0.364 e. The summed E-state index contributed by atoms with van der Waals surface area (Å²) < 4.78 is 16.7. The van der Waals surface area contributed by atoms with Crippen LogP contribution >= 0.6 is 0 Å². The Morgan fingerprint density at radius 3 is 3.11 bits per heavy atom. The minimum absolute atomic E-state index is 0.150. The summed E-state index contributed by atoms with van der Waals surface area (Å²) in [6.07, 6.45) is 4.59. The van der Waals surface area contributed by atoms with E-state index in [1.165, 1.54) is 12.3 Å². The fraction of sp³-hybridized carbons (Fsp3) is 0.167. The number of hydrogen-bond donors (Lipinski definition) is 0. The molecule has 1 unspecified atom stereocenters. The number of terminal acetylenes is 1. The fourth-order valence-corrected chi connectivity index (χ4v) is 0.438. The topological polar surface area (TPSA) is 26.0 Å². The summed E-state index contributed by atoms with van der Waals surface area (Å²) in [5, 5.41) is 3.29. The maximum Gasteiger partial charge on any atom is 0.205 e. The van der Waals surface area contributed by atoms with Crippen LogP contribution in [0.5, 0.6) is 0 Å². The average Bonchev–Trinajstić information content (AvgIpc) is 2.37. The van der Waals surface area contributed by atoms with Crippen LogP contribution in [0.3, 0.4) is 0 Å². The first kappa shape index (κ1) is 5.83. The van der Waals surface area contributed by atoms with Crippen LogP contribution in [0.2, 0.25) is 0 Å². The molecule has 46 valence electrons. The van der Waals surface area contributed by atoms with Crippen molar-refractivity contribution in [1.29, 1.82) is 0 Å². The Labute approximate surface area is 51.7 Å². The van der Waals surface area contributed by atoms with Crippen molar-refractivity contribution in [1.82, 2.24) is 5.16 Å². The van der Waals surface area contributed by atoms with Gasteiger partial charge in [0.1, 0.15) is 12.0 Å². The molecule has 0 radical (unpaired) electrons. The molecule has 1 aromatic heterocycles. The van der Waals surface area contributed by atoms with Crippen LogP contribution in [0.4, 0.5) is 4.39 Å². The number of rotatable bonds is 1. The van der Waals surface area contributed by atoms with E-state index in [9.17, 15) is 4.39 Å². The van der Waals surface area contributed by atoms with Crippen LogP contribution in [0.15, 0.2) is 16.9 Å². The van der Waals surface area contributed by atoms with Crippen molar-refractivity contribution >= 4 is 0 Å². The molecular formula is C6H4FNO. The van der Waals surface area contributed by atoms with Crippen LogP contribution in [-0.2, 0) is 0 Å². The van der Waals surface area contributed by atoms with Gasteiger partial charge in [-0.25, -0.2) is 4.39 Å². The molecule has 0 spiro atoms. The fourth-order valence-electron chi connectivity index (χ4n) is 0.438. The van der Waals surface area contributed by atoms with Gasteiger partial charge in [-0.3, -0.25) is 0 Å². The smallest absolute Gasteiger partial charge is 0.205 e. The highest BCUT2D eigenvalue weighted by Gasteiger charge is 2.06. The summed E-state index contributed by atoms with van der Waals surface area (Å²) in [4.78, 5) is 0. The SMILES string of the molecule is C#CC(F)c1ccon1. The molecular weight excluding hydrogens is 121 g/mol. The lowest BCUT2D eigenvalue weighted by Gasteiger charge is -1.88. The van der Waals surface area contributed by atoms with Gasteiger partial charge in [0.2, 0.25) is 6.17 Å². The highest BCUT2D eigenvalue weighted by Crippen LogP contribution is 2.11. The zero-order valence-electron chi connectivity index (χ0n) is 4.54. The van der Waals surface area contributed by atoms with E-state index in [0.717, 1.165) is 0 Å². The number of halogens is 1. The highest BCUT2D eigenvalue weighted by molar-refractivity contribution is 5.11. The maximum absolute atomic E-state index is 12.3. The Morgan fingerprint density at radius 2 is 2.67 bits per heavy atom. The third kappa shape index (κ3) is 1.08. The van der Waals surface area contributed by atoms with Gasteiger partial charge < -0.3 is 4.52 Å². The first-order valence-electron chi connectivity index (χ1n) is 2.35. The first-order valence-corrected chi connectivity index (χ1v) is 2.35. The van der Waals surface area contributed by atoms with Crippen molar-refractivity contribution in [3.8, 4) is 12.3 Å². The predicted molar refractivity (Wildman–Crippen MR) is 29.2 cm³/mol. The van der Waals surface area contributed by atoms with Gasteiger partial charge in [0.05, 0.1) is 0 Å². The summed E-state index contributed by atoms with van der Waals surface area (Å²) in [7, 11) is 0. The molecule has 1 atom stereocenters. The van der Waals surface area contributed by atoms with E-state index >= 15 is 0 Å². The minimum atomic E-state index is -1.44. The summed E-state index contributed by atoms with van der Waals surface area (Å²) in [5.41, 5.74) is 0.150. The van der Waals surface area contributed by atoms with Crippen molar-refractivity contribution in [2.75, 3.05) is 0 Å². The molecule has 0 N–H and O–H groups in total. The van der Waals surface area contributed by atoms with E-state index in [2.05, 4.69) is 9.68 Å². The standard InChI is InChI=1S/C6H4FNO/c1-2-5(7)6-3-4-9-8-6/h1,3-5H. The lowest BCUT2D eigenvalue weighted by Crippen LogP contribution is -1.85. The van der Waals surface area contributed by atoms with Crippen LogP contribution in [-0.4, -0.2) is 5.16 Å². The molecule has 0 bridgehead atoms. The molecule has 0 saturated heterocycles. The normalized spacial score (nSPS) is 12.4. The molecule has 2 nitrogen and oxygen atoms in total. The highest BCUT2D eigenvalue weighted by atomic mass is 19.1. The first-order chi connectivity index (χ1) is 4.34. The van der Waals surface area contributed by atoms with Gasteiger partial charge in [-0.05, 0) is 0 Å². The van der Waals surface area contributed by atoms with E-state index in [-0.39, 0.29) is 5.69 Å². The third-order valence-corrected chi connectivity index (χ3v) is 0.864. The molecule has 1 rings (SSSR count). The summed E-state index contributed by atoms with van der Waals surface area (Å²) in [6.45, 7) is 0. The number of nitrogens with zero attached hydrogens (tertiary/aromatic N) is 1. The molecule has 9 heavy (non-hydrogen) atoms. The molecule has 0 aliphatic carbocycles. The predicted octanol–water partition coefficient (Wildman–Crippen LogP) is 1.32. The Hall–Kier alpha value is -1.30. The van der Waals surface area contributed by atoms with Gasteiger partial charge in [-0.2, -0.15) is 0 Å². The Bertz CT molecular complexity index is 211. The summed E-state index contributed by atoms with van der Waals surface area (Å²) >= 11 is 0. The Kier molecular flexibility index (Phi) is 1.50. The lowest BCUT2D eigenvalue weighted by atomic mass is 10.3. The van der Waals surface area contributed by atoms with Crippen molar-refractivity contribution in [3.63, 3.8) is 0 Å². The van der Waals surface area contributed by atoms with Gasteiger partial charge in [0, 0.05) is 6.07 Å². The Morgan fingerprint density at radius 1 is 1.89 bits per heavy atom. The second-order valence-corrected chi connectivity index (χ2v) is 1.45. The van der Waals surface area contributed by atoms with Gasteiger partial charge in [-0.1, -0.05) is 11.1 Å². The van der Waals surface area contributed by atoms with Crippen LogP contribution in [0.25, 0.3) is 0 Å². The van der Waals surface area contributed by atoms with Crippen LogP contribution in [0, 0.1) is 12.3 Å². The van der Waals surface area contributed by atoms with Crippen molar-refractivity contribution < 1.29 is 8.91 Å². The zero-order valence-corrected chi connectivity index (χ0v) is 4.54. The quantitative estimate of drug-likeness (QED) is 0.529. The van der Waals surface area contributed by atoms with Crippen molar-refractivity contribution in [2.45, 2.75) is 6.17 Å². The van der Waals surface area contributed by atoms with Crippen LogP contribution < -0.4 is 0 Å². The summed E-state index contributed by atoms with van der Waals surface area (Å²) in [5.74, 6) is 1.88. The van der Waals surface area contributed by atoms with E-state index in [4.69, 9.17) is 6.42 Å². The monoisotopic (exact) mass is 125 g/mol. The largest absolute Gasteiger partial charge is 0.364 e. The molecule has 0 saturated carbocycles. The van der Waals surface area contributed by atoms with Crippen molar-refractivity contribution in [3.05, 3.63) is 18.0 Å².